The molecule has 0 amide bonds. The summed E-state index contributed by atoms with van der Waals surface area (Å²) in [5.74, 6) is 0. The molecule has 0 radical (unpaired) electrons. The molecule has 0 aliphatic carbocycles. The van der Waals surface area contributed by atoms with Crippen LogP contribution in [0.2, 0.25) is 0 Å². The maximum absolute atomic E-state index is 9.77. The third kappa shape index (κ3) is 8.43. The van der Waals surface area contributed by atoms with Gasteiger partial charge in [-0.1, -0.05) is 80.4 Å². The van der Waals surface area contributed by atoms with Crippen LogP contribution in [-0.2, 0) is 6.42 Å². The van der Waals surface area contributed by atoms with Crippen LogP contribution in [0.5, 0.6) is 0 Å². The molecule has 4 heteroatoms. The first kappa shape index (κ1) is 24.9. The molecule has 29 heavy (non-hydrogen) atoms. The molecule has 0 saturated heterocycles. The normalized spacial score (nSPS) is 12.8. The van der Waals surface area contributed by atoms with E-state index >= 15 is 0 Å². The first-order chi connectivity index (χ1) is 14.0. The first-order valence-corrected chi connectivity index (χ1v) is 10.7. The van der Waals surface area contributed by atoms with Crippen molar-refractivity contribution in [1.82, 2.24) is 4.90 Å². The van der Waals surface area contributed by atoms with E-state index in [0.717, 1.165) is 55.5 Å². The third-order valence-corrected chi connectivity index (χ3v) is 5.27. The third-order valence-electron chi connectivity index (χ3n) is 4.93. The number of benzene rings is 1. The number of hydrogen-bond donors (Lipinski definition) is 1. The van der Waals surface area contributed by atoms with E-state index < -0.39 is 0 Å². The minimum absolute atomic E-state index is 0.138. The van der Waals surface area contributed by atoms with Gasteiger partial charge in [0.1, 0.15) is 5.16 Å². The summed E-state index contributed by atoms with van der Waals surface area (Å²) in [5, 5.41) is 10.0. The van der Waals surface area contributed by atoms with Gasteiger partial charge in [-0.15, -0.1) is 0 Å². The Morgan fingerprint density at radius 3 is 2.45 bits per heavy atom. The summed E-state index contributed by atoms with van der Waals surface area (Å²) < 4.78 is 0. The van der Waals surface area contributed by atoms with Crippen molar-refractivity contribution in [2.75, 3.05) is 19.7 Å². The van der Waals surface area contributed by atoms with Gasteiger partial charge in [-0.2, -0.15) is 0 Å². The number of unbranched alkanes of at least 4 members (excludes halogenated alkanes) is 2. The molecule has 0 atom stereocenters. The molecule has 3 nitrogen and oxygen atoms in total. The van der Waals surface area contributed by atoms with Gasteiger partial charge in [0, 0.05) is 13.1 Å². The number of allylic oxidation sites excluding steroid dienone is 5. The molecule has 0 unspecified atom stereocenters. The monoisotopic (exact) mass is 414 g/mol. The molecule has 1 N–H and O–H groups in total. The second-order valence-electron chi connectivity index (χ2n) is 7.05. The van der Waals surface area contributed by atoms with E-state index in [0.29, 0.717) is 5.70 Å². The average Bonchev–Trinajstić information content (AvgIpc) is 2.75. The molecular formula is C25H35ClN2O. The van der Waals surface area contributed by atoms with Gasteiger partial charge >= 0.3 is 0 Å². The minimum Gasteiger partial charge on any atom is -0.390 e. The molecular weight excluding hydrogens is 380 g/mol. The Morgan fingerprint density at radius 1 is 1.21 bits per heavy atom. The summed E-state index contributed by atoms with van der Waals surface area (Å²) in [4.78, 5) is 5.93. The van der Waals surface area contributed by atoms with Gasteiger partial charge in [0.15, 0.2) is 0 Å². The SMILES string of the molecule is C=N/C(Cl)=C(/CO)N(CCCCC)CCc1ccc(C(=C)/C(C)=C\C=C/C)cc1. The number of nitrogens with zero attached hydrogens (tertiary/aromatic N) is 2. The second-order valence-corrected chi connectivity index (χ2v) is 7.41. The van der Waals surface area contributed by atoms with Crippen molar-refractivity contribution >= 4 is 23.9 Å². The number of aliphatic hydroxyl groups excluding tert-OH is 1. The number of rotatable bonds is 13. The van der Waals surface area contributed by atoms with Crippen molar-refractivity contribution in [2.24, 2.45) is 4.99 Å². The van der Waals surface area contributed by atoms with Crippen LogP contribution in [0, 0.1) is 0 Å². The maximum atomic E-state index is 9.77. The lowest BCUT2D eigenvalue weighted by molar-refractivity contribution is 0.248. The number of aliphatic hydroxyl groups is 1. The van der Waals surface area contributed by atoms with Crippen LogP contribution in [-0.4, -0.2) is 36.4 Å². The van der Waals surface area contributed by atoms with E-state index in [1.807, 2.05) is 19.1 Å². The molecule has 1 rings (SSSR count). The summed E-state index contributed by atoms with van der Waals surface area (Å²) >= 11 is 6.17. The fourth-order valence-corrected chi connectivity index (χ4v) is 3.21. The van der Waals surface area contributed by atoms with E-state index in [4.69, 9.17) is 11.6 Å². The summed E-state index contributed by atoms with van der Waals surface area (Å²) in [7, 11) is 0. The van der Waals surface area contributed by atoms with Crippen molar-refractivity contribution in [1.29, 1.82) is 0 Å². The summed E-state index contributed by atoms with van der Waals surface area (Å²) in [6, 6.07) is 8.52. The first-order valence-electron chi connectivity index (χ1n) is 10.3. The number of hydrogen-bond acceptors (Lipinski definition) is 3. The van der Waals surface area contributed by atoms with Crippen LogP contribution >= 0.6 is 11.6 Å². The quantitative estimate of drug-likeness (QED) is 0.176. The highest BCUT2D eigenvalue weighted by Gasteiger charge is 2.13. The molecule has 1 aromatic carbocycles. The predicted octanol–water partition coefficient (Wildman–Crippen LogP) is 6.36. The molecule has 0 bridgehead atoms. The fraction of sp³-hybridized carbons (Fsp3) is 0.400. The van der Waals surface area contributed by atoms with Gasteiger partial charge in [-0.25, -0.2) is 0 Å². The summed E-state index contributed by atoms with van der Waals surface area (Å²) in [6.07, 6.45) is 10.3. The molecule has 158 valence electrons. The molecule has 0 spiro atoms. The predicted molar refractivity (Wildman–Crippen MR) is 128 cm³/mol. The lowest BCUT2D eigenvalue weighted by Crippen LogP contribution is -2.29. The molecule has 0 fully saturated rings. The van der Waals surface area contributed by atoms with E-state index in [1.165, 1.54) is 5.56 Å². The van der Waals surface area contributed by atoms with Gasteiger partial charge in [-0.05, 0) is 55.7 Å². The van der Waals surface area contributed by atoms with Gasteiger partial charge in [0.05, 0.1) is 12.3 Å². The summed E-state index contributed by atoms with van der Waals surface area (Å²) in [6.45, 7) is 15.4. The van der Waals surface area contributed by atoms with Gasteiger partial charge < -0.3 is 10.0 Å². The van der Waals surface area contributed by atoms with Crippen LogP contribution in [0.1, 0.15) is 51.2 Å². The van der Waals surface area contributed by atoms with Crippen molar-refractivity contribution < 1.29 is 5.11 Å². The molecule has 0 heterocycles. The lowest BCUT2D eigenvalue weighted by Gasteiger charge is -2.27. The Labute approximate surface area is 181 Å². The van der Waals surface area contributed by atoms with Gasteiger partial charge in [0.2, 0.25) is 0 Å². The van der Waals surface area contributed by atoms with Crippen LogP contribution in [0.4, 0.5) is 0 Å². The zero-order chi connectivity index (χ0) is 21.6. The Kier molecular flexibility index (Phi) is 12.0. The van der Waals surface area contributed by atoms with E-state index in [9.17, 15) is 5.11 Å². The van der Waals surface area contributed by atoms with Crippen LogP contribution in [0.15, 0.2) is 70.5 Å². The molecule has 0 aliphatic rings. The molecule has 0 saturated carbocycles. The zero-order valence-corrected chi connectivity index (χ0v) is 18.9. The lowest BCUT2D eigenvalue weighted by atomic mass is 9.98. The highest BCUT2D eigenvalue weighted by Crippen LogP contribution is 2.22. The van der Waals surface area contributed by atoms with Gasteiger partial charge in [-0.3, -0.25) is 4.99 Å². The Hall–Kier alpha value is -2.10. The highest BCUT2D eigenvalue weighted by molar-refractivity contribution is 6.29. The van der Waals surface area contributed by atoms with E-state index in [1.54, 1.807) is 0 Å². The van der Waals surface area contributed by atoms with E-state index in [-0.39, 0.29) is 11.8 Å². The second kappa shape index (κ2) is 14.0. The van der Waals surface area contributed by atoms with Crippen molar-refractivity contribution in [3.05, 3.63) is 76.6 Å². The topological polar surface area (TPSA) is 35.8 Å². The van der Waals surface area contributed by atoms with Gasteiger partial charge in [0.25, 0.3) is 0 Å². The average molecular weight is 415 g/mol. The Bertz CT molecular complexity index is 745. The smallest absolute Gasteiger partial charge is 0.149 e. The van der Waals surface area contributed by atoms with Crippen molar-refractivity contribution in [3.63, 3.8) is 0 Å². The number of aliphatic imine (C=N–C) groups is 1. The van der Waals surface area contributed by atoms with E-state index in [2.05, 4.69) is 67.4 Å². The van der Waals surface area contributed by atoms with Crippen LogP contribution in [0.3, 0.4) is 0 Å². The van der Waals surface area contributed by atoms with Crippen molar-refractivity contribution in [3.8, 4) is 0 Å². The molecule has 1 aromatic rings. The molecule has 0 aromatic heterocycles. The fourth-order valence-electron chi connectivity index (χ4n) is 3.03. The van der Waals surface area contributed by atoms with Crippen molar-refractivity contribution in [2.45, 2.75) is 46.5 Å². The largest absolute Gasteiger partial charge is 0.390 e. The maximum Gasteiger partial charge on any atom is 0.149 e. The Balaban J connectivity index is 2.86. The molecule has 0 aliphatic heterocycles. The van der Waals surface area contributed by atoms with Crippen LogP contribution < -0.4 is 0 Å². The number of halogens is 1. The highest BCUT2D eigenvalue weighted by atomic mass is 35.5. The van der Waals surface area contributed by atoms with Crippen LogP contribution in [0.25, 0.3) is 5.57 Å². The minimum atomic E-state index is -0.138. The Morgan fingerprint density at radius 2 is 1.90 bits per heavy atom. The summed E-state index contributed by atoms with van der Waals surface area (Å²) in [5.41, 5.74) is 5.19. The zero-order valence-electron chi connectivity index (χ0n) is 18.1. The standard InChI is InChI=1S/C25H35ClN2O/c1-6-8-10-17-28(24(19-29)25(26)27-5)18-16-22-12-14-23(15-13-22)21(4)20(3)11-9-7-2/h7,9,11-15,29H,4-6,8,10,16-19H2,1-3H3/b9-7-,20-11-,25-24-.